The number of benzene rings is 1. The zero-order chi connectivity index (χ0) is 15.6. The molecule has 1 aromatic carbocycles. The predicted octanol–water partition coefficient (Wildman–Crippen LogP) is 3.45. The van der Waals surface area contributed by atoms with Crippen molar-refractivity contribution in [2.45, 2.75) is 45.6 Å². The molecule has 0 unspecified atom stereocenters. The van der Waals surface area contributed by atoms with Crippen molar-refractivity contribution in [3.63, 3.8) is 0 Å². The summed E-state index contributed by atoms with van der Waals surface area (Å²) in [6.07, 6.45) is 5.80. The number of unbranched alkanes of at least 4 members (excludes halogenated alkanes) is 3. The fraction of sp³-hybridized carbons (Fsp3) is 0.588. The molecule has 0 fully saturated rings. The van der Waals surface area contributed by atoms with Gasteiger partial charge < -0.3 is 20.5 Å². The van der Waals surface area contributed by atoms with Crippen LogP contribution in [0.3, 0.4) is 0 Å². The molecule has 1 aromatic rings. The normalized spacial score (nSPS) is 13.9. The number of rotatable bonds is 7. The SMILES string of the molecule is CCCCCCNC(N)=NCc1ccc2c(c1)OCCCO2.I. The molecular weight excluding hydrogens is 405 g/mol. The number of hydrogen-bond donors (Lipinski definition) is 2. The molecule has 0 radical (unpaired) electrons. The van der Waals surface area contributed by atoms with E-state index >= 15 is 0 Å². The van der Waals surface area contributed by atoms with E-state index in [0.717, 1.165) is 36.4 Å². The molecule has 5 nitrogen and oxygen atoms in total. The van der Waals surface area contributed by atoms with Crippen molar-refractivity contribution < 1.29 is 9.47 Å². The van der Waals surface area contributed by atoms with Crippen molar-refractivity contribution in [1.29, 1.82) is 0 Å². The molecule has 23 heavy (non-hydrogen) atoms. The number of nitrogens with one attached hydrogen (secondary N) is 1. The van der Waals surface area contributed by atoms with E-state index in [1.807, 2.05) is 18.2 Å². The van der Waals surface area contributed by atoms with Crippen LogP contribution in [0.1, 0.15) is 44.6 Å². The first-order chi connectivity index (χ1) is 10.8. The minimum Gasteiger partial charge on any atom is -0.490 e. The van der Waals surface area contributed by atoms with Gasteiger partial charge in [-0.3, -0.25) is 0 Å². The highest BCUT2D eigenvalue weighted by atomic mass is 127. The van der Waals surface area contributed by atoms with Crippen molar-refractivity contribution in [2.75, 3.05) is 19.8 Å². The largest absolute Gasteiger partial charge is 0.490 e. The molecule has 2 rings (SSSR count). The van der Waals surface area contributed by atoms with Crippen LogP contribution in [0.25, 0.3) is 0 Å². The maximum Gasteiger partial charge on any atom is 0.188 e. The lowest BCUT2D eigenvalue weighted by atomic mass is 10.2. The quantitative estimate of drug-likeness (QED) is 0.299. The molecule has 1 heterocycles. The summed E-state index contributed by atoms with van der Waals surface area (Å²) in [7, 11) is 0. The van der Waals surface area contributed by atoms with Crippen molar-refractivity contribution >= 4 is 29.9 Å². The Labute approximate surface area is 156 Å². The standard InChI is InChI=1S/C17H27N3O2.HI/c1-2-3-4-5-9-19-17(18)20-13-14-7-8-15-16(12-14)22-11-6-10-21-15;/h7-8,12H,2-6,9-11,13H2,1H3,(H3,18,19,20);1H. The lowest BCUT2D eigenvalue weighted by Gasteiger charge is -2.09. The number of fused-ring (bicyclic) bond motifs is 1. The minimum absolute atomic E-state index is 0. The highest BCUT2D eigenvalue weighted by Gasteiger charge is 2.10. The van der Waals surface area contributed by atoms with Crippen LogP contribution in [0.5, 0.6) is 11.5 Å². The van der Waals surface area contributed by atoms with E-state index in [1.165, 1.54) is 19.3 Å². The molecule has 0 aliphatic carbocycles. The van der Waals surface area contributed by atoms with Crippen molar-refractivity contribution in [3.05, 3.63) is 23.8 Å². The number of nitrogens with zero attached hydrogens (tertiary/aromatic N) is 1. The van der Waals surface area contributed by atoms with Gasteiger partial charge in [0.25, 0.3) is 0 Å². The maximum absolute atomic E-state index is 5.88. The molecule has 0 saturated heterocycles. The number of halogens is 1. The molecule has 1 aliphatic rings. The van der Waals surface area contributed by atoms with Gasteiger partial charge in [-0.05, 0) is 24.1 Å². The van der Waals surface area contributed by atoms with Crippen molar-refractivity contribution in [1.82, 2.24) is 5.32 Å². The summed E-state index contributed by atoms with van der Waals surface area (Å²) >= 11 is 0. The molecule has 0 saturated carbocycles. The molecule has 3 N–H and O–H groups in total. The maximum atomic E-state index is 5.88. The van der Waals surface area contributed by atoms with Crippen molar-refractivity contribution in [3.8, 4) is 11.5 Å². The number of ether oxygens (including phenoxy) is 2. The second kappa shape index (κ2) is 11.4. The number of aliphatic imine (C=N–C) groups is 1. The second-order valence-electron chi connectivity index (χ2n) is 5.52. The van der Waals surface area contributed by atoms with Gasteiger partial charge >= 0.3 is 0 Å². The Morgan fingerprint density at radius 2 is 1.96 bits per heavy atom. The van der Waals surface area contributed by atoms with E-state index in [1.54, 1.807) is 0 Å². The summed E-state index contributed by atoms with van der Waals surface area (Å²) < 4.78 is 11.3. The summed E-state index contributed by atoms with van der Waals surface area (Å²) in [5.41, 5.74) is 6.95. The van der Waals surface area contributed by atoms with E-state index in [9.17, 15) is 0 Å². The molecule has 0 atom stereocenters. The molecule has 130 valence electrons. The van der Waals surface area contributed by atoms with Gasteiger partial charge in [0.15, 0.2) is 17.5 Å². The van der Waals surface area contributed by atoms with Crippen LogP contribution in [-0.2, 0) is 6.54 Å². The van der Waals surface area contributed by atoms with Crippen LogP contribution in [-0.4, -0.2) is 25.7 Å². The van der Waals surface area contributed by atoms with Crippen LogP contribution in [0, 0.1) is 0 Å². The van der Waals surface area contributed by atoms with Crippen LogP contribution >= 0.6 is 24.0 Å². The summed E-state index contributed by atoms with van der Waals surface area (Å²) in [6.45, 7) is 5.04. The van der Waals surface area contributed by atoms with E-state index in [2.05, 4.69) is 17.2 Å². The molecule has 0 amide bonds. The molecular formula is C17H28IN3O2. The van der Waals surface area contributed by atoms with Gasteiger partial charge in [-0.15, -0.1) is 24.0 Å². The van der Waals surface area contributed by atoms with Crippen LogP contribution in [0.15, 0.2) is 23.2 Å². The average Bonchev–Trinajstić information content (AvgIpc) is 2.77. The highest BCUT2D eigenvalue weighted by molar-refractivity contribution is 14.0. The van der Waals surface area contributed by atoms with Gasteiger partial charge in [0.05, 0.1) is 19.8 Å². The fourth-order valence-corrected chi connectivity index (χ4v) is 2.31. The van der Waals surface area contributed by atoms with E-state index in [0.29, 0.717) is 25.7 Å². The fourth-order valence-electron chi connectivity index (χ4n) is 2.31. The van der Waals surface area contributed by atoms with Crippen LogP contribution in [0.2, 0.25) is 0 Å². The Morgan fingerprint density at radius 3 is 2.74 bits per heavy atom. The Bertz CT molecular complexity index is 495. The Balaban J connectivity index is 0.00000264. The topological polar surface area (TPSA) is 68.9 Å². The Kier molecular flexibility index (Phi) is 9.82. The van der Waals surface area contributed by atoms with Crippen LogP contribution in [0.4, 0.5) is 0 Å². The number of nitrogens with two attached hydrogens (primary N) is 1. The van der Waals surface area contributed by atoms with Gasteiger partial charge in [-0.1, -0.05) is 32.3 Å². The van der Waals surface area contributed by atoms with Gasteiger partial charge in [-0.25, -0.2) is 4.99 Å². The average molecular weight is 433 g/mol. The Hall–Kier alpha value is -1.18. The summed E-state index contributed by atoms with van der Waals surface area (Å²) in [6, 6.07) is 5.93. The third-order valence-electron chi connectivity index (χ3n) is 3.58. The second-order valence-corrected chi connectivity index (χ2v) is 5.52. The summed E-state index contributed by atoms with van der Waals surface area (Å²) in [5, 5.41) is 3.16. The monoisotopic (exact) mass is 433 g/mol. The van der Waals surface area contributed by atoms with E-state index in [4.69, 9.17) is 15.2 Å². The zero-order valence-corrected chi connectivity index (χ0v) is 16.2. The molecule has 0 bridgehead atoms. The lowest BCUT2D eigenvalue weighted by Crippen LogP contribution is -2.32. The number of hydrogen-bond acceptors (Lipinski definition) is 3. The van der Waals surface area contributed by atoms with E-state index in [-0.39, 0.29) is 24.0 Å². The molecule has 1 aliphatic heterocycles. The summed E-state index contributed by atoms with van der Waals surface area (Å²) in [4.78, 5) is 4.37. The predicted molar refractivity (Wildman–Crippen MR) is 105 cm³/mol. The van der Waals surface area contributed by atoms with Gasteiger partial charge in [0.2, 0.25) is 0 Å². The van der Waals surface area contributed by atoms with Gasteiger partial charge in [0, 0.05) is 13.0 Å². The first kappa shape index (κ1) is 19.9. The zero-order valence-electron chi connectivity index (χ0n) is 13.8. The third kappa shape index (κ3) is 7.28. The lowest BCUT2D eigenvalue weighted by molar-refractivity contribution is 0.297. The highest BCUT2D eigenvalue weighted by Crippen LogP contribution is 2.30. The Morgan fingerprint density at radius 1 is 1.17 bits per heavy atom. The smallest absolute Gasteiger partial charge is 0.188 e. The van der Waals surface area contributed by atoms with Gasteiger partial charge in [0.1, 0.15) is 0 Å². The van der Waals surface area contributed by atoms with Crippen LogP contribution < -0.4 is 20.5 Å². The first-order valence-electron chi connectivity index (χ1n) is 8.22. The number of guanidine groups is 1. The summed E-state index contributed by atoms with van der Waals surface area (Å²) in [5.74, 6) is 2.12. The van der Waals surface area contributed by atoms with Crippen molar-refractivity contribution in [2.24, 2.45) is 10.7 Å². The molecule has 6 heteroatoms. The molecule has 0 aromatic heterocycles. The third-order valence-corrected chi connectivity index (χ3v) is 3.58. The molecule has 0 spiro atoms. The van der Waals surface area contributed by atoms with E-state index < -0.39 is 0 Å². The minimum atomic E-state index is 0. The van der Waals surface area contributed by atoms with Gasteiger partial charge in [-0.2, -0.15) is 0 Å². The first-order valence-corrected chi connectivity index (χ1v) is 8.22.